The Hall–Kier alpha value is -2.95. The number of hydrogen-bond donors (Lipinski definition) is 0. The van der Waals surface area contributed by atoms with E-state index in [-0.39, 0.29) is 0 Å². The van der Waals surface area contributed by atoms with E-state index in [1.807, 2.05) is 12.1 Å². The summed E-state index contributed by atoms with van der Waals surface area (Å²) in [5.41, 5.74) is 5.56. The Morgan fingerprint density at radius 3 is 2.35 bits per heavy atom. The molecule has 0 aliphatic carbocycles. The highest BCUT2D eigenvalue weighted by Gasteiger charge is 2.30. The maximum Gasteiger partial charge on any atom is 0.265 e. The van der Waals surface area contributed by atoms with Crippen LogP contribution in [0.15, 0.2) is 42.9 Å². The van der Waals surface area contributed by atoms with Crippen LogP contribution < -0.4 is 9.64 Å². The lowest BCUT2D eigenvalue weighted by atomic mass is 10.0. The first-order chi connectivity index (χ1) is 11.1. The minimum atomic E-state index is 0.470. The third-order valence-electron chi connectivity index (χ3n) is 3.90. The van der Waals surface area contributed by atoms with Gasteiger partial charge < -0.3 is 4.74 Å². The van der Waals surface area contributed by atoms with Crippen LogP contribution in [-0.4, -0.2) is 15.0 Å². The SMILES string of the molecule is Cc1cc(C)c(N2c3cccnc3Oc3nccnc32)c(C)c1. The molecule has 0 fully saturated rings. The Kier molecular flexibility index (Phi) is 3.01. The lowest BCUT2D eigenvalue weighted by Gasteiger charge is -2.32. The normalized spacial score (nSPS) is 12.4. The van der Waals surface area contributed by atoms with Crippen molar-refractivity contribution in [2.24, 2.45) is 0 Å². The average Bonchev–Trinajstić information content (AvgIpc) is 2.53. The van der Waals surface area contributed by atoms with Crippen molar-refractivity contribution in [1.82, 2.24) is 15.0 Å². The highest BCUT2D eigenvalue weighted by Crippen LogP contribution is 2.48. The number of benzene rings is 1. The molecule has 4 rings (SSSR count). The topological polar surface area (TPSA) is 51.1 Å². The van der Waals surface area contributed by atoms with Crippen LogP contribution in [-0.2, 0) is 0 Å². The van der Waals surface area contributed by atoms with Crippen LogP contribution >= 0.6 is 0 Å². The molecule has 0 spiro atoms. The van der Waals surface area contributed by atoms with Crippen LogP contribution in [0.5, 0.6) is 11.8 Å². The Bertz CT molecular complexity index is 839. The largest absolute Gasteiger partial charge is 0.415 e. The number of hydrogen-bond acceptors (Lipinski definition) is 5. The summed E-state index contributed by atoms with van der Waals surface area (Å²) in [4.78, 5) is 15.2. The number of rotatable bonds is 1. The smallest absolute Gasteiger partial charge is 0.265 e. The van der Waals surface area contributed by atoms with Gasteiger partial charge in [-0.25, -0.2) is 15.0 Å². The van der Waals surface area contributed by atoms with Gasteiger partial charge in [-0.1, -0.05) is 17.7 Å². The number of fused-ring (bicyclic) bond motifs is 2. The third kappa shape index (κ3) is 2.12. The summed E-state index contributed by atoms with van der Waals surface area (Å²) in [6, 6.07) is 8.22. The molecular weight excluding hydrogens is 288 g/mol. The summed E-state index contributed by atoms with van der Waals surface area (Å²) in [6.45, 7) is 6.32. The van der Waals surface area contributed by atoms with Crippen LogP contribution in [0.1, 0.15) is 16.7 Å². The van der Waals surface area contributed by atoms with Crippen LogP contribution in [0, 0.1) is 20.8 Å². The average molecular weight is 304 g/mol. The van der Waals surface area contributed by atoms with Gasteiger partial charge in [-0.2, -0.15) is 0 Å². The minimum absolute atomic E-state index is 0.470. The predicted octanol–water partition coefficient (Wildman–Crippen LogP) is 4.37. The number of nitrogens with zero attached hydrogens (tertiary/aromatic N) is 4. The van der Waals surface area contributed by atoms with Gasteiger partial charge in [0, 0.05) is 18.6 Å². The number of aryl methyl sites for hydroxylation is 3. The van der Waals surface area contributed by atoms with Crippen molar-refractivity contribution >= 4 is 17.2 Å². The van der Waals surface area contributed by atoms with E-state index >= 15 is 0 Å². The Morgan fingerprint density at radius 1 is 0.870 bits per heavy atom. The molecule has 5 nitrogen and oxygen atoms in total. The van der Waals surface area contributed by atoms with E-state index in [9.17, 15) is 0 Å². The van der Waals surface area contributed by atoms with Crippen LogP contribution in [0.4, 0.5) is 17.2 Å². The third-order valence-corrected chi connectivity index (χ3v) is 3.90. The van der Waals surface area contributed by atoms with E-state index in [1.165, 1.54) is 16.7 Å². The van der Waals surface area contributed by atoms with E-state index in [4.69, 9.17) is 4.74 Å². The fourth-order valence-electron chi connectivity index (χ4n) is 3.13. The number of ether oxygens (including phenoxy) is 1. The van der Waals surface area contributed by atoms with E-state index in [1.54, 1.807) is 18.6 Å². The van der Waals surface area contributed by atoms with Crippen molar-refractivity contribution < 1.29 is 4.74 Å². The molecule has 0 radical (unpaired) electrons. The van der Waals surface area contributed by atoms with Gasteiger partial charge in [-0.15, -0.1) is 0 Å². The second-order valence-corrected chi connectivity index (χ2v) is 5.70. The molecule has 3 heterocycles. The van der Waals surface area contributed by atoms with Gasteiger partial charge in [-0.05, 0) is 44.0 Å². The van der Waals surface area contributed by atoms with Gasteiger partial charge in [0.25, 0.3) is 5.88 Å². The summed E-state index contributed by atoms with van der Waals surface area (Å²) in [6.07, 6.45) is 5.02. The van der Waals surface area contributed by atoms with Crippen molar-refractivity contribution in [2.75, 3.05) is 4.90 Å². The summed E-state index contributed by atoms with van der Waals surface area (Å²) in [5, 5.41) is 0. The van der Waals surface area contributed by atoms with E-state index in [0.717, 1.165) is 11.4 Å². The maximum atomic E-state index is 5.81. The first-order valence-electron chi connectivity index (χ1n) is 7.47. The van der Waals surface area contributed by atoms with Gasteiger partial charge in [0.1, 0.15) is 5.69 Å². The lowest BCUT2D eigenvalue weighted by molar-refractivity contribution is 0.436. The zero-order chi connectivity index (χ0) is 16.0. The lowest BCUT2D eigenvalue weighted by Crippen LogP contribution is -2.20. The summed E-state index contributed by atoms with van der Waals surface area (Å²) >= 11 is 0. The first kappa shape index (κ1) is 13.7. The number of anilines is 3. The fourth-order valence-corrected chi connectivity index (χ4v) is 3.13. The fraction of sp³-hybridized carbons (Fsp3) is 0.167. The molecule has 1 aromatic carbocycles. The van der Waals surface area contributed by atoms with Crippen molar-refractivity contribution in [1.29, 1.82) is 0 Å². The van der Waals surface area contributed by atoms with Crippen molar-refractivity contribution in [3.05, 3.63) is 59.5 Å². The van der Waals surface area contributed by atoms with Gasteiger partial charge >= 0.3 is 0 Å². The second-order valence-electron chi connectivity index (χ2n) is 5.70. The van der Waals surface area contributed by atoms with Crippen LogP contribution in [0.3, 0.4) is 0 Å². The van der Waals surface area contributed by atoms with Crippen molar-refractivity contribution in [3.8, 4) is 11.8 Å². The summed E-state index contributed by atoms with van der Waals surface area (Å²) in [7, 11) is 0. The zero-order valence-electron chi connectivity index (χ0n) is 13.2. The quantitative estimate of drug-likeness (QED) is 0.522. The summed E-state index contributed by atoms with van der Waals surface area (Å²) in [5.74, 6) is 1.70. The van der Waals surface area contributed by atoms with Gasteiger partial charge in [0.15, 0.2) is 0 Å². The highest BCUT2D eigenvalue weighted by atomic mass is 16.5. The minimum Gasteiger partial charge on any atom is -0.415 e. The Labute approximate surface area is 134 Å². The molecule has 0 bridgehead atoms. The van der Waals surface area contributed by atoms with Crippen LogP contribution in [0.25, 0.3) is 0 Å². The van der Waals surface area contributed by atoms with Crippen molar-refractivity contribution in [2.45, 2.75) is 20.8 Å². The molecule has 1 aliphatic rings. The molecule has 0 saturated carbocycles. The van der Waals surface area contributed by atoms with Crippen LogP contribution in [0.2, 0.25) is 0 Å². The van der Waals surface area contributed by atoms with E-state index in [2.05, 4.69) is 52.8 Å². The molecule has 1 aliphatic heterocycles. The molecule has 0 amide bonds. The Balaban J connectivity index is 2.02. The molecule has 3 aromatic rings. The Morgan fingerprint density at radius 2 is 1.57 bits per heavy atom. The molecular formula is C18H16N4O. The van der Waals surface area contributed by atoms with E-state index in [0.29, 0.717) is 17.6 Å². The van der Waals surface area contributed by atoms with Gasteiger partial charge in [0.2, 0.25) is 11.7 Å². The first-order valence-corrected chi connectivity index (χ1v) is 7.47. The van der Waals surface area contributed by atoms with Gasteiger partial charge in [-0.3, -0.25) is 4.90 Å². The second kappa shape index (κ2) is 5.05. The van der Waals surface area contributed by atoms with E-state index < -0.39 is 0 Å². The molecule has 0 unspecified atom stereocenters. The molecule has 23 heavy (non-hydrogen) atoms. The van der Waals surface area contributed by atoms with Gasteiger partial charge in [0.05, 0.1) is 5.69 Å². The standard InChI is InChI=1S/C18H16N4O/c1-11-9-12(2)15(13(3)10-11)22-14-5-4-6-20-17(14)23-18-16(22)19-7-8-21-18/h4-10H,1-3H3. The zero-order valence-corrected chi connectivity index (χ0v) is 13.2. The molecule has 0 N–H and O–H groups in total. The maximum absolute atomic E-state index is 5.81. The predicted molar refractivity (Wildman–Crippen MR) is 88.8 cm³/mol. The molecule has 114 valence electrons. The monoisotopic (exact) mass is 304 g/mol. The highest BCUT2D eigenvalue weighted by molar-refractivity contribution is 5.84. The molecule has 2 aromatic heterocycles. The molecule has 5 heteroatoms. The molecule has 0 atom stereocenters. The molecule has 0 saturated heterocycles. The van der Waals surface area contributed by atoms with Crippen molar-refractivity contribution in [3.63, 3.8) is 0 Å². The number of pyridine rings is 1. The number of aromatic nitrogens is 3. The summed E-state index contributed by atoms with van der Waals surface area (Å²) < 4.78 is 5.81.